The van der Waals surface area contributed by atoms with E-state index in [-0.39, 0.29) is 23.7 Å². The molecule has 1 N–H and O–H groups in total. The Labute approximate surface area is 164 Å². The number of hydrogen-bond donors (Lipinski definition) is 1. The van der Waals surface area contributed by atoms with Gasteiger partial charge in [0.05, 0.1) is 17.0 Å². The molecule has 0 radical (unpaired) electrons. The molecule has 0 bridgehead atoms. The van der Waals surface area contributed by atoms with Gasteiger partial charge in [-0.15, -0.1) is 11.8 Å². The molecule has 1 heterocycles. The normalized spacial score (nSPS) is 22.6. The number of rotatable bonds is 6. The van der Waals surface area contributed by atoms with Gasteiger partial charge in [-0.25, -0.2) is 9.37 Å². The molecule has 1 saturated carbocycles. The minimum atomic E-state index is -0.354. The number of benzene rings is 1. The molecule has 0 spiro atoms. The molecule has 3 rings (SSSR count). The van der Waals surface area contributed by atoms with Gasteiger partial charge in [0.15, 0.2) is 0 Å². The van der Waals surface area contributed by atoms with Gasteiger partial charge < -0.3 is 9.73 Å². The predicted molar refractivity (Wildman–Crippen MR) is 107 cm³/mol. The van der Waals surface area contributed by atoms with Crippen LogP contribution in [0.3, 0.4) is 0 Å². The van der Waals surface area contributed by atoms with E-state index < -0.39 is 0 Å². The molecule has 1 fully saturated rings. The van der Waals surface area contributed by atoms with Crippen LogP contribution in [0.15, 0.2) is 28.7 Å². The van der Waals surface area contributed by atoms with Crippen LogP contribution in [0.4, 0.5) is 4.39 Å². The van der Waals surface area contributed by atoms with Gasteiger partial charge in [-0.3, -0.25) is 4.79 Å². The molecule has 4 nitrogen and oxygen atoms in total. The molecule has 1 amide bonds. The summed E-state index contributed by atoms with van der Waals surface area (Å²) in [6.45, 7) is 6.31. The van der Waals surface area contributed by atoms with Gasteiger partial charge in [0.25, 0.3) is 0 Å². The number of amides is 1. The summed E-state index contributed by atoms with van der Waals surface area (Å²) in [5, 5.41) is 3.19. The van der Waals surface area contributed by atoms with E-state index in [1.54, 1.807) is 18.2 Å². The van der Waals surface area contributed by atoms with Crippen molar-refractivity contribution in [1.29, 1.82) is 0 Å². The molecule has 3 atom stereocenters. The van der Waals surface area contributed by atoms with Crippen molar-refractivity contribution in [3.8, 4) is 11.5 Å². The second kappa shape index (κ2) is 8.91. The lowest BCUT2D eigenvalue weighted by Gasteiger charge is -2.34. The van der Waals surface area contributed by atoms with E-state index >= 15 is 0 Å². The zero-order valence-corrected chi connectivity index (χ0v) is 16.9. The monoisotopic (exact) mass is 390 g/mol. The Morgan fingerprint density at radius 3 is 2.89 bits per heavy atom. The van der Waals surface area contributed by atoms with E-state index in [1.165, 1.54) is 30.7 Å². The molecule has 0 saturated heterocycles. The van der Waals surface area contributed by atoms with Crippen LogP contribution >= 0.6 is 11.8 Å². The third-order valence-corrected chi connectivity index (χ3v) is 6.47. The van der Waals surface area contributed by atoms with Gasteiger partial charge >= 0.3 is 0 Å². The lowest BCUT2D eigenvalue weighted by Crippen LogP contribution is -2.44. The first-order valence-corrected chi connectivity index (χ1v) is 10.7. The Balaban J connectivity index is 1.52. The Morgan fingerprint density at radius 1 is 1.33 bits per heavy atom. The summed E-state index contributed by atoms with van der Waals surface area (Å²) in [6, 6.07) is 6.71. The molecule has 1 aliphatic rings. The van der Waals surface area contributed by atoms with Crippen LogP contribution in [-0.4, -0.2) is 22.7 Å². The van der Waals surface area contributed by atoms with Gasteiger partial charge in [0, 0.05) is 11.8 Å². The number of carbonyl (C=O) groups is 1. The molecule has 146 valence electrons. The number of thioether (sulfide) groups is 1. The number of nitrogens with one attached hydrogen (secondary N) is 1. The van der Waals surface area contributed by atoms with Crippen LogP contribution in [0.1, 0.15) is 44.6 Å². The van der Waals surface area contributed by atoms with E-state index in [1.807, 2.05) is 6.92 Å². The first kappa shape index (κ1) is 19.9. The van der Waals surface area contributed by atoms with Crippen molar-refractivity contribution in [2.75, 3.05) is 5.75 Å². The Morgan fingerprint density at radius 2 is 2.11 bits per heavy atom. The van der Waals surface area contributed by atoms with Gasteiger partial charge in [-0.2, -0.15) is 0 Å². The van der Waals surface area contributed by atoms with Crippen LogP contribution in [0.2, 0.25) is 0 Å². The second-order valence-electron chi connectivity index (χ2n) is 7.44. The van der Waals surface area contributed by atoms with Crippen molar-refractivity contribution >= 4 is 17.7 Å². The molecule has 0 aliphatic heterocycles. The van der Waals surface area contributed by atoms with Crippen molar-refractivity contribution in [1.82, 2.24) is 10.3 Å². The Bertz CT molecular complexity index is 792. The molecule has 6 heteroatoms. The van der Waals surface area contributed by atoms with Crippen LogP contribution in [0.5, 0.6) is 0 Å². The van der Waals surface area contributed by atoms with E-state index in [0.29, 0.717) is 34.7 Å². The predicted octanol–water partition coefficient (Wildman–Crippen LogP) is 4.96. The lowest BCUT2D eigenvalue weighted by molar-refractivity contribution is -0.119. The number of aryl methyl sites for hydroxylation is 1. The van der Waals surface area contributed by atoms with Crippen molar-refractivity contribution < 1.29 is 13.6 Å². The lowest BCUT2D eigenvalue weighted by atomic mass is 9.78. The molecular formula is C21H27FN2O2S. The molecule has 1 aromatic heterocycles. The standard InChI is InChI=1S/C21H27FN2O2S/c1-13-7-6-10-18(14(13)2)23-20(25)12-27-11-19-15(3)26-21(24-19)16-8-4-5-9-17(16)22/h4-5,8-9,13-14,18H,6-7,10-12H2,1-3H3,(H,23,25)/t13-,14+,18-/m1/s1. The largest absolute Gasteiger partial charge is 0.441 e. The summed E-state index contributed by atoms with van der Waals surface area (Å²) in [7, 11) is 0. The fourth-order valence-electron chi connectivity index (χ4n) is 3.59. The average molecular weight is 391 g/mol. The van der Waals surface area contributed by atoms with E-state index in [9.17, 15) is 9.18 Å². The maximum absolute atomic E-state index is 13.9. The van der Waals surface area contributed by atoms with Crippen molar-refractivity contribution in [3.05, 3.63) is 41.5 Å². The maximum atomic E-state index is 13.9. The summed E-state index contributed by atoms with van der Waals surface area (Å²) < 4.78 is 19.5. The smallest absolute Gasteiger partial charge is 0.230 e. The van der Waals surface area contributed by atoms with Crippen LogP contribution in [0, 0.1) is 24.6 Å². The topological polar surface area (TPSA) is 55.1 Å². The zero-order chi connectivity index (χ0) is 19.4. The average Bonchev–Trinajstić information content (AvgIpc) is 3.00. The number of halogens is 1. The van der Waals surface area contributed by atoms with Crippen LogP contribution < -0.4 is 5.32 Å². The Kier molecular flexibility index (Phi) is 6.58. The first-order chi connectivity index (χ1) is 13.0. The van der Waals surface area contributed by atoms with Gasteiger partial charge in [0.2, 0.25) is 11.8 Å². The summed E-state index contributed by atoms with van der Waals surface area (Å²) in [4.78, 5) is 16.7. The molecular weight excluding hydrogens is 363 g/mol. The molecule has 1 aromatic carbocycles. The summed E-state index contributed by atoms with van der Waals surface area (Å²) >= 11 is 1.50. The number of hydrogen-bond acceptors (Lipinski definition) is 4. The molecule has 1 aliphatic carbocycles. The highest BCUT2D eigenvalue weighted by Crippen LogP contribution is 2.30. The minimum absolute atomic E-state index is 0.0708. The van der Waals surface area contributed by atoms with E-state index in [0.717, 1.165) is 12.1 Å². The molecule has 27 heavy (non-hydrogen) atoms. The second-order valence-corrected chi connectivity index (χ2v) is 8.42. The SMILES string of the molecule is Cc1oc(-c2ccccc2F)nc1CSCC(=O)N[C@@H]1CCC[C@@H](C)[C@@H]1C. The number of nitrogens with zero attached hydrogens (tertiary/aromatic N) is 1. The van der Waals surface area contributed by atoms with E-state index in [2.05, 4.69) is 24.1 Å². The first-order valence-electron chi connectivity index (χ1n) is 9.54. The highest BCUT2D eigenvalue weighted by molar-refractivity contribution is 7.99. The molecule has 2 aromatic rings. The fraction of sp³-hybridized carbons (Fsp3) is 0.524. The Hall–Kier alpha value is -1.82. The third kappa shape index (κ3) is 4.92. The minimum Gasteiger partial charge on any atom is -0.441 e. The maximum Gasteiger partial charge on any atom is 0.230 e. The highest BCUT2D eigenvalue weighted by atomic mass is 32.2. The number of carbonyl (C=O) groups excluding carboxylic acids is 1. The van der Waals surface area contributed by atoms with E-state index in [4.69, 9.17) is 4.42 Å². The molecule has 0 unspecified atom stereocenters. The van der Waals surface area contributed by atoms with Crippen molar-refractivity contribution in [3.63, 3.8) is 0 Å². The summed E-state index contributed by atoms with van der Waals surface area (Å²) in [5.74, 6) is 2.80. The fourth-order valence-corrected chi connectivity index (χ4v) is 4.42. The van der Waals surface area contributed by atoms with Crippen molar-refractivity contribution in [2.45, 2.75) is 51.8 Å². The van der Waals surface area contributed by atoms with Gasteiger partial charge in [-0.05, 0) is 37.3 Å². The van der Waals surface area contributed by atoms with Crippen LogP contribution in [-0.2, 0) is 10.5 Å². The summed E-state index contributed by atoms with van der Waals surface area (Å²) in [6.07, 6.45) is 3.49. The third-order valence-electron chi connectivity index (χ3n) is 5.52. The highest BCUT2D eigenvalue weighted by Gasteiger charge is 2.28. The summed E-state index contributed by atoms with van der Waals surface area (Å²) in [5.41, 5.74) is 1.11. The number of oxazole rings is 1. The van der Waals surface area contributed by atoms with Gasteiger partial charge in [0.1, 0.15) is 11.6 Å². The quantitative estimate of drug-likeness (QED) is 0.757. The van der Waals surface area contributed by atoms with Crippen LogP contribution in [0.25, 0.3) is 11.5 Å². The van der Waals surface area contributed by atoms with Crippen molar-refractivity contribution in [2.24, 2.45) is 11.8 Å². The number of aromatic nitrogens is 1. The van der Waals surface area contributed by atoms with Gasteiger partial charge in [-0.1, -0.05) is 38.8 Å². The zero-order valence-electron chi connectivity index (χ0n) is 16.1.